The Hall–Kier alpha value is -0.441. The van der Waals surface area contributed by atoms with Crippen LogP contribution in [-0.4, -0.2) is 37.1 Å². The van der Waals surface area contributed by atoms with Crippen molar-refractivity contribution >= 4 is 32.0 Å². The summed E-state index contributed by atoms with van der Waals surface area (Å²) in [6.45, 7) is 6.24. The van der Waals surface area contributed by atoms with Crippen LogP contribution in [0.2, 0.25) is 0 Å². The molecular weight excluding hydrogens is 285 g/mol. The SMILES string of the molecule is CC1=C(C)N(C(C)C(=O)c2ccc[se]2)CS1. The molecular formula is C12H15NOSSe. The molecule has 0 spiro atoms. The van der Waals surface area contributed by atoms with Crippen molar-refractivity contribution in [1.29, 1.82) is 0 Å². The predicted octanol–water partition coefficient (Wildman–Crippen LogP) is 2.57. The first-order valence-electron chi connectivity index (χ1n) is 5.26. The van der Waals surface area contributed by atoms with E-state index in [1.807, 2.05) is 30.8 Å². The third kappa shape index (κ3) is 2.15. The number of Topliss-reactive ketones (excluding diaryl/α,β-unsaturated/α-hetero) is 1. The molecule has 0 saturated carbocycles. The Balaban J connectivity index is 2.15. The van der Waals surface area contributed by atoms with E-state index < -0.39 is 0 Å². The van der Waals surface area contributed by atoms with E-state index in [2.05, 4.69) is 23.7 Å². The van der Waals surface area contributed by atoms with Gasteiger partial charge in [-0.15, -0.1) is 0 Å². The number of carbonyl (C=O) groups is 1. The molecule has 0 bridgehead atoms. The molecule has 0 saturated heterocycles. The van der Waals surface area contributed by atoms with E-state index in [9.17, 15) is 4.79 Å². The summed E-state index contributed by atoms with van der Waals surface area (Å²) in [5, 5.41) is 0. The maximum atomic E-state index is 12.2. The summed E-state index contributed by atoms with van der Waals surface area (Å²) in [4.78, 5) is 17.9. The van der Waals surface area contributed by atoms with Gasteiger partial charge in [0.1, 0.15) is 0 Å². The molecule has 0 aliphatic carbocycles. The molecule has 1 atom stereocenters. The molecule has 1 aromatic heterocycles. The van der Waals surface area contributed by atoms with Crippen LogP contribution in [0.3, 0.4) is 0 Å². The van der Waals surface area contributed by atoms with Gasteiger partial charge in [-0.05, 0) is 0 Å². The normalized spacial score (nSPS) is 18.1. The van der Waals surface area contributed by atoms with E-state index >= 15 is 0 Å². The standard InChI is InChI=1S/C12H15NOSSe/c1-8-10(3)15-7-13(8)9(2)12(14)11-5-4-6-16-11/h4-6,9H,7H2,1-3H3. The molecule has 86 valence electrons. The quantitative estimate of drug-likeness (QED) is 0.632. The first kappa shape index (κ1) is 12.0. The van der Waals surface area contributed by atoms with Gasteiger partial charge in [0.05, 0.1) is 0 Å². The van der Waals surface area contributed by atoms with E-state index in [0.717, 1.165) is 10.3 Å². The Labute approximate surface area is 106 Å². The average Bonchev–Trinajstić information content (AvgIpc) is 2.89. The molecule has 0 N–H and O–H groups in total. The Kier molecular flexibility index (Phi) is 3.63. The van der Waals surface area contributed by atoms with Crippen LogP contribution in [0, 0.1) is 0 Å². The molecule has 4 heteroatoms. The summed E-state index contributed by atoms with van der Waals surface area (Å²) in [7, 11) is 0. The van der Waals surface area contributed by atoms with Crippen molar-refractivity contribution in [2.24, 2.45) is 0 Å². The van der Waals surface area contributed by atoms with Gasteiger partial charge < -0.3 is 0 Å². The molecule has 16 heavy (non-hydrogen) atoms. The van der Waals surface area contributed by atoms with Crippen molar-refractivity contribution in [3.8, 4) is 0 Å². The molecule has 0 amide bonds. The molecule has 2 heterocycles. The van der Waals surface area contributed by atoms with Crippen LogP contribution in [0.15, 0.2) is 27.7 Å². The number of thioether (sulfide) groups is 1. The van der Waals surface area contributed by atoms with Gasteiger partial charge in [-0.1, -0.05) is 0 Å². The van der Waals surface area contributed by atoms with Crippen LogP contribution in [0.25, 0.3) is 0 Å². The third-order valence-corrected chi connectivity index (χ3v) is 5.96. The Morgan fingerprint density at radius 3 is 2.81 bits per heavy atom. The minimum atomic E-state index is -0.0158. The number of carbonyl (C=O) groups excluding carboxylic acids is 1. The Morgan fingerprint density at radius 1 is 1.56 bits per heavy atom. The zero-order valence-corrected chi connectivity index (χ0v) is 12.2. The van der Waals surface area contributed by atoms with Crippen LogP contribution < -0.4 is 0 Å². The number of rotatable bonds is 3. The van der Waals surface area contributed by atoms with Crippen LogP contribution >= 0.6 is 11.8 Å². The molecule has 1 aliphatic rings. The van der Waals surface area contributed by atoms with Crippen LogP contribution in [0.4, 0.5) is 0 Å². The predicted molar refractivity (Wildman–Crippen MR) is 69.8 cm³/mol. The van der Waals surface area contributed by atoms with Gasteiger partial charge in [-0.25, -0.2) is 0 Å². The van der Waals surface area contributed by atoms with Crippen LogP contribution in [0.5, 0.6) is 0 Å². The van der Waals surface area contributed by atoms with Gasteiger partial charge in [-0.3, -0.25) is 0 Å². The van der Waals surface area contributed by atoms with E-state index in [1.54, 1.807) is 0 Å². The topological polar surface area (TPSA) is 20.3 Å². The fourth-order valence-electron chi connectivity index (χ4n) is 1.74. The Morgan fingerprint density at radius 2 is 2.31 bits per heavy atom. The molecule has 2 nitrogen and oxygen atoms in total. The van der Waals surface area contributed by atoms with Crippen molar-refractivity contribution in [3.63, 3.8) is 0 Å². The van der Waals surface area contributed by atoms with E-state index in [-0.39, 0.29) is 20.5 Å². The summed E-state index contributed by atoms with van der Waals surface area (Å²) >= 11 is 2.08. The number of hydrogen-bond acceptors (Lipinski definition) is 3. The van der Waals surface area contributed by atoms with E-state index in [0.29, 0.717) is 5.78 Å². The molecule has 0 radical (unpaired) electrons. The van der Waals surface area contributed by atoms with Gasteiger partial charge in [0.25, 0.3) is 0 Å². The number of ketones is 1. The van der Waals surface area contributed by atoms with Crippen molar-refractivity contribution in [1.82, 2.24) is 4.90 Å². The summed E-state index contributed by atoms with van der Waals surface area (Å²) in [6, 6.07) is 3.94. The number of nitrogens with zero attached hydrogens (tertiary/aromatic N) is 1. The first-order chi connectivity index (χ1) is 7.61. The van der Waals surface area contributed by atoms with Gasteiger partial charge in [0.2, 0.25) is 0 Å². The van der Waals surface area contributed by atoms with Crippen molar-refractivity contribution in [2.75, 3.05) is 5.88 Å². The third-order valence-electron chi connectivity index (χ3n) is 2.97. The minimum absolute atomic E-state index is 0.0158. The van der Waals surface area contributed by atoms with Gasteiger partial charge in [0, 0.05) is 0 Å². The molecule has 1 unspecified atom stereocenters. The van der Waals surface area contributed by atoms with Crippen molar-refractivity contribution in [2.45, 2.75) is 26.8 Å². The fourth-order valence-corrected chi connectivity index (χ4v) is 4.38. The van der Waals surface area contributed by atoms with Crippen molar-refractivity contribution < 1.29 is 4.79 Å². The Bertz CT molecular complexity index is 424. The van der Waals surface area contributed by atoms with E-state index in [4.69, 9.17) is 0 Å². The second-order valence-corrected chi connectivity index (χ2v) is 7.05. The molecule has 2 rings (SSSR count). The monoisotopic (exact) mass is 301 g/mol. The number of allylic oxidation sites excluding steroid dienone is 2. The van der Waals surface area contributed by atoms with E-state index in [1.165, 1.54) is 10.6 Å². The van der Waals surface area contributed by atoms with Crippen LogP contribution in [0.1, 0.15) is 30.0 Å². The molecule has 0 fully saturated rings. The van der Waals surface area contributed by atoms with Gasteiger partial charge >= 0.3 is 107 Å². The molecule has 1 aliphatic heterocycles. The summed E-state index contributed by atoms with van der Waals surface area (Å²) < 4.78 is 1.00. The zero-order chi connectivity index (χ0) is 11.7. The zero-order valence-electron chi connectivity index (χ0n) is 9.69. The summed E-state index contributed by atoms with van der Waals surface area (Å²) in [5.41, 5.74) is 1.25. The second kappa shape index (κ2) is 4.82. The second-order valence-electron chi connectivity index (χ2n) is 3.90. The van der Waals surface area contributed by atoms with Gasteiger partial charge in [-0.2, -0.15) is 0 Å². The summed E-state index contributed by atoms with van der Waals surface area (Å²) in [5.74, 6) is 1.21. The average molecular weight is 300 g/mol. The fraction of sp³-hybridized carbons (Fsp3) is 0.417. The molecule has 0 aromatic carbocycles. The maximum absolute atomic E-state index is 12.2. The van der Waals surface area contributed by atoms with Crippen LogP contribution in [-0.2, 0) is 0 Å². The first-order valence-corrected chi connectivity index (χ1v) is 8.09. The number of hydrogen-bond donors (Lipinski definition) is 0. The van der Waals surface area contributed by atoms with Gasteiger partial charge in [0.15, 0.2) is 0 Å². The molecule has 1 aromatic rings. The van der Waals surface area contributed by atoms with Crippen molar-refractivity contribution in [3.05, 3.63) is 32.1 Å². The summed E-state index contributed by atoms with van der Waals surface area (Å²) in [6.07, 6.45) is 0.